The monoisotopic (exact) mass is 230 g/mol. The number of amides is 1. The lowest BCUT2D eigenvalue weighted by atomic mass is 10.1. The average Bonchev–Trinajstić information content (AvgIpc) is 2.77. The van der Waals surface area contributed by atoms with Crippen LogP contribution in [0.4, 0.5) is 5.82 Å². The molecule has 0 unspecified atom stereocenters. The number of benzene rings is 1. The van der Waals surface area contributed by atoms with Crippen LogP contribution >= 0.6 is 0 Å². The molecule has 1 amide bonds. The molecular weight excluding hydrogens is 216 g/mol. The maximum atomic E-state index is 11.9. The van der Waals surface area contributed by atoms with E-state index in [1.165, 1.54) is 0 Å². The standard InChI is InChI=1S/C13H14N2O2/c1-8-6-10(7-9(2)12(8)16)13(17)15-11-4-3-5-14-11/h3-7,14,16H,1-2H3,(H,15,17). The van der Waals surface area contributed by atoms with E-state index in [0.717, 1.165) is 0 Å². The highest BCUT2D eigenvalue weighted by molar-refractivity contribution is 6.04. The van der Waals surface area contributed by atoms with Crippen molar-refractivity contribution in [3.63, 3.8) is 0 Å². The van der Waals surface area contributed by atoms with E-state index in [1.54, 1.807) is 38.2 Å². The predicted octanol–water partition coefficient (Wildman–Crippen LogP) is 2.59. The normalized spacial score (nSPS) is 10.2. The number of carbonyl (C=O) groups excluding carboxylic acids is 1. The van der Waals surface area contributed by atoms with Crippen molar-refractivity contribution in [3.05, 3.63) is 47.2 Å². The molecule has 1 heterocycles. The summed E-state index contributed by atoms with van der Waals surface area (Å²) in [4.78, 5) is 14.8. The van der Waals surface area contributed by atoms with Gasteiger partial charge in [0.15, 0.2) is 0 Å². The van der Waals surface area contributed by atoms with Gasteiger partial charge in [-0.1, -0.05) is 0 Å². The van der Waals surface area contributed by atoms with E-state index in [2.05, 4.69) is 10.3 Å². The fourth-order valence-corrected chi connectivity index (χ4v) is 1.69. The van der Waals surface area contributed by atoms with Crippen molar-refractivity contribution < 1.29 is 9.90 Å². The largest absolute Gasteiger partial charge is 0.507 e. The zero-order valence-electron chi connectivity index (χ0n) is 9.74. The first-order chi connectivity index (χ1) is 8.08. The van der Waals surface area contributed by atoms with Gasteiger partial charge >= 0.3 is 0 Å². The number of hydrogen-bond acceptors (Lipinski definition) is 2. The summed E-state index contributed by atoms with van der Waals surface area (Å²) in [6.07, 6.45) is 1.74. The zero-order chi connectivity index (χ0) is 12.4. The zero-order valence-corrected chi connectivity index (χ0v) is 9.74. The summed E-state index contributed by atoms with van der Waals surface area (Å²) < 4.78 is 0. The number of aromatic hydroxyl groups is 1. The second-order valence-electron chi connectivity index (χ2n) is 4.00. The fourth-order valence-electron chi connectivity index (χ4n) is 1.69. The Morgan fingerprint density at radius 1 is 1.29 bits per heavy atom. The molecule has 4 heteroatoms. The Balaban J connectivity index is 2.26. The van der Waals surface area contributed by atoms with Crippen molar-refractivity contribution >= 4 is 11.7 Å². The van der Waals surface area contributed by atoms with E-state index in [4.69, 9.17) is 0 Å². The van der Waals surface area contributed by atoms with Crippen LogP contribution in [0.3, 0.4) is 0 Å². The number of rotatable bonds is 2. The van der Waals surface area contributed by atoms with Gasteiger partial charge in [0.1, 0.15) is 11.6 Å². The molecule has 2 aromatic rings. The summed E-state index contributed by atoms with van der Waals surface area (Å²) in [6, 6.07) is 6.92. The average molecular weight is 230 g/mol. The molecule has 0 bridgehead atoms. The highest BCUT2D eigenvalue weighted by Gasteiger charge is 2.10. The molecule has 3 N–H and O–H groups in total. The van der Waals surface area contributed by atoms with Gasteiger partial charge in [-0.15, -0.1) is 0 Å². The van der Waals surface area contributed by atoms with Crippen LogP contribution in [0, 0.1) is 13.8 Å². The van der Waals surface area contributed by atoms with Gasteiger partial charge in [0.25, 0.3) is 5.91 Å². The Hall–Kier alpha value is -2.23. The first-order valence-electron chi connectivity index (χ1n) is 5.33. The number of carbonyl (C=O) groups is 1. The minimum Gasteiger partial charge on any atom is -0.507 e. The van der Waals surface area contributed by atoms with E-state index in [1.807, 2.05) is 6.07 Å². The van der Waals surface area contributed by atoms with Crippen LogP contribution in [-0.4, -0.2) is 16.0 Å². The molecule has 1 aromatic carbocycles. The van der Waals surface area contributed by atoms with E-state index in [-0.39, 0.29) is 11.7 Å². The Kier molecular flexibility index (Phi) is 2.87. The maximum Gasteiger partial charge on any atom is 0.256 e. The third kappa shape index (κ3) is 2.30. The Morgan fingerprint density at radius 3 is 2.47 bits per heavy atom. The van der Waals surface area contributed by atoms with Crippen LogP contribution in [0.25, 0.3) is 0 Å². The quantitative estimate of drug-likeness (QED) is 0.742. The molecule has 1 aromatic heterocycles. The van der Waals surface area contributed by atoms with Crippen molar-refractivity contribution in [2.24, 2.45) is 0 Å². The van der Waals surface area contributed by atoms with Crippen LogP contribution in [0.1, 0.15) is 21.5 Å². The topological polar surface area (TPSA) is 65.1 Å². The number of aryl methyl sites for hydroxylation is 2. The summed E-state index contributed by atoms with van der Waals surface area (Å²) in [5.74, 6) is 0.693. The molecular formula is C13H14N2O2. The molecule has 0 aliphatic rings. The van der Waals surface area contributed by atoms with Crippen molar-refractivity contribution in [2.45, 2.75) is 13.8 Å². The SMILES string of the molecule is Cc1cc(C(=O)Nc2ccc[nH]2)cc(C)c1O. The van der Waals surface area contributed by atoms with Gasteiger partial charge in [-0.05, 0) is 49.2 Å². The predicted molar refractivity (Wildman–Crippen MR) is 66.3 cm³/mol. The second kappa shape index (κ2) is 4.33. The Bertz CT molecular complexity index is 522. The summed E-state index contributed by atoms with van der Waals surface area (Å²) in [5, 5.41) is 12.4. The summed E-state index contributed by atoms with van der Waals surface area (Å²) in [5.41, 5.74) is 1.93. The van der Waals surface area contributed by atoms with Gasteiger partial charge in [0, 0.05) is 11.8 Å². The van der Waals surface area contributed by atoms with Gasteiger partial charge in [-0.3, -0.25) is 4.79 Å². The molecule has 0 saturated carbocycles. The second-order valence-corrected chi connectivity index (χ2v) is 4.00. The molecule has 4 nitrogen and oxygen atoms in total. The van der Waals surface area contributed by atoms with E-state index in [0.29, 0.717) is 22.5 Å². The molecule has 17 heavy (non-hydrogen) atoms. The molecule has 0 saturated heterocycles. The minimum atomic E-state index is -0.196. The third-order valence-corrected chi connectivity index (χ3v) is 2.60. The van der Waals surface area contributed by atoms with Crippen molar-refractivity contribution in [3.8, 4) is 5.75 Å². The van der Waals surface area contributed by atoms with Crippen LogP contribution in [0.2, 0.25) is 0 Å². The molecule has 0 spiro atoms. The number of nitrogens with one attached hydrogen (secondary N) is 2. The van der Waals surface area contributed by atoms with E-state index >= 15 is 0 Å². The molecule has 2 rings (SSSR count). The van der Waals surface area contributed by atoms with Gasteiger partial charge in [-0.2, -0.15) is 0 Å². The fraction of sp³-hybridized carbons (Fsp3) is 0.154. The van der Waals surface area contributed by atoms with Crippen LogP contribution < -0.4 is 5.32 Å². The summed E-state index contributed by atoms with van der Waals surface area (Å²) in [6.45, 7) is 3.54. The molecule has 0 fully saturated rings. The molecule has 0 radical (unpaired) electrons. The van der Waals surface area contributed by atoms with Crippen molar-refractivity contribution in [1.82, 2.24) is 4.98 Å². The lowest BCUT2D eigenvalue weighted by molar-refractivity contribution is 0.102. The number of H-pyrrole nitrogens is 1. The molecule has 88 valence electrons. The molecule has 0 aliphatic heterocycles. The number of hydrogen-bond donors (Lipinski definition) is 3. The van der Waals surface area contributed by atoms with Crippen LogP contribution in [-0.2, 0) is 0 Å². The molecule has 0 atom stereocenters. The Morgan fingerprint density at radius 2 is 1.94 bits per heavy atom. The number of anilines is 1. The van der Waals surface area contributed by atoms with E-state index < -0.39 is 0 Å². The molecule has 0 aliphatic carbocycles. The van der Waals surface area contributed by atoms with Crippen LogP contribution in [0.15, 0.2) is 30.5 Å². The number of phenolic OH excluding ortho intramolecular Hbond substituents is 1. The number of aromatic nitrogens is 1. The van der Waals surface area contributed by atoms with Gasteiger partial charge in [0.2, 0.25) is 0 Å². The maximum absolute atomic E-state index is 11.9. The first kappa shape index (κ1) is 11.3. The number of aromatic amines is 1. The Labute approximate surface area is 99.3 Å². The van der Waals surface area contributed by atoms with Gasteiger partial charge < -0.3 is 15.4 Å². The highest BCUT2D eigenvalue weighted by atomic mass is 16.3. The first-order valence-corrected chi connectivity index (χ1v) is 5.33. The smallest absolute Gasteiger partial charge is 0.256 e. The van der Waals surface area contributed by atoms with Crippen molar-refractivity contribution in [1.29, 1.82) is 0 Å². The lowest BCUT2D eigenvalue weighted by Gasteiger charge is -2.07. The highest BCUT2D eigenvalue weighted by Crippen LogP contribution is 2.23. The van der Waals surface area contributed by atoms with Crippen LogP contribution in [0.5, 0.6) is 5.75 Å². The summed E-state index contributed by atoms with van der Waals surface area (Å²) in [7, 11) is 0. The number of phenols is 1. The van der Waals surface area contributed by atoms with Gasteiger partial charge in [0.05, 0.1) is 0 Å². The minimum absolute atomic E-state index is 0.196. The van der Waals surface area contributed by atoms with Gasteiger partial charge in [-0.25, -0.2) is 0 Å². The van der Waals surface area contributed by atoms with Crippen molar-refractivity contribution in [2.75, 3.05) is 5.32 Å². The third-order valence-electron chi connectivity index (χ3n) is 2.60. The lowest BCUT2D eigenvalue weighted by Crippen LogP contribution is -2.12. The summed E-state index contributed by atoms with van der Waals surface area (Å²) >= 11 is 0. The van der Waals surface area contributed by atoms with E-state index in [9.17, 15) is 9.90 Å².